The third kappa shape index (κ3) is 5.32. The van der Waals surface area contributed by atoms with E-state index in [4.69, 9.17) is 10.5 Å². The zero-order valence-corrected chi connectivity index (χ0v) is 14.5. The lowest BCUT2D eigenvalue weighted by molar-refractivity contribution is 0.303. The number of ether oxygens (including phenoxy) is 1. The molecule has 2 heterocycles. The van der Waals surface area contributed by atoms with E-state index in [9.17, 15) is 0 Å². The SMILES string of the molecule is Nc1csc(NN=Cc2ccccc2OCCCCn2ccnc2)n1. The Morgan fingerprint density at radius 2 is 2.24 bits per heavy atom. The van der Waals surface area contributed by atoms with Crippen LogP contribution in [-0.2, 0) is 6.54 Å². The van der Waals surface area contributed by atoms with Crippen molar-refractivity contribution < 1.29 is 4.74 Å². The molecule has 8 heteroatoms. The Morgan fingerprint density at radius 1 is 1.32 bits per heavy atom. The van der Waals surface area contributed by atoms with Crippen molar-refractivity contribution in [3.05, 3.63) is 53.9 Å². The molecule has 3 rings (SSSR count). The average Bonchev–Trinajstić information content (AvgIpc) is 3.28. The van der Waals surface area contributed by atoms with Gasteiger partial charge in [0.1, 0.15) is 11.6 Å². The van der Waals surface area contributed by atoms with E-state index < -0.39 is 0 Å². The number of para-hydroxylation sites is 1. The maximum absolute atomic E-state index is 5.89. The number of anilines is 2. The maximum atomic E-state index is 5.89. The van der Waals surface area contributed by atoms with Crippen molar-refractivity contribution in [2.24, 2.45) is 5.10 Å². The van der Waals surface area contributed by atoms with E-state index in [0.717, 1.165) is 30.7 Å². The number of hydrogen-bond acceptors (Lipinski definition) is 7. The van der Waals surface area contributed by atoms with Gasteiger partial charge in [0.15, 0.2) is 0 Å². The summed E-state index contributed by atoms with van der Waals surface area (Å²) in [6.07, 6.45) is 9.32. The van der Waals surface area contributed by atoms with Crippen LogP contribution in [0.3, 0.4) is 0 Å². The second kappa shape index (κ2) is 8.84. The molecule has 0 radical (unpaired) electrons. The summed E-state index contributed by atoms with van der Waals surface area (Å²) in [6.45, 7) is 1.61. The van der Waals surface area contributed by atoms with Crippen molar-refractivity contribution in [1.82, 2.24) is 14.5 Å². The number of thiazole rings is 1. The Bertz CT molecular complexity index is 799. The standard InChI is InChI=1S/C17H20N6OS/c18-16-12-25-17(21-16)22-20-11-14-5-1-2-6-15(14)24-10-4-3-8-23-9-7-19-13-23/h1-2,5-7,9,11-13H,3-4,8,10,18H2,(H,21,22). The van der Waals surface area contributed by atoms with Crippen LogP contribution in [0.5, 0.6) is 5.75 Å². The summed E-state index contributed by atoms with van der Waals surface area (Å²) in [7, 11) is 0. The van der Waals surface area contributed by atoms with E-state index >= 15 is 0 Å². The predicted molar refractivity (Wildman–Crippen MR) is 101 cm³/mol. The van der Waals surface area contributed by atoms with Gasteiger partial charge in [-0.3, -0.25) is 5.43 Å². The third-order valence-corrected chi connectivity index (χ3v) is 4.20. The van der Waals surface area contributed by atoms with Crippen LogP contribution in [0.4, 0.5) is 10.9 Å². The molecule has 0 bridgehead atoms. The normalized spacial score (nSPS) is 11.0. The maximum Gasteiger partial charge on any atom is 0.205 e. The molecule has 7 nitrogen and oxygen atoms in total. The van der Waals surface area contributed by atoms with Gasteiger partial charge in [0.05, 0.1) is 19.1 Å². The Morgan fingerprint density at radius 3 is 3.04 bits per heavy atom. The number of benzene rings is 1. The van der Waals surface area contributed by atoms with Crippen LogP contribution >= 0.6 is 11.3 Å². The average molecular weight is 356 g/mol. The molecule has 2 aromatic heterocycles. The van der Waals surface area contributed by atoms with Crippen molar-refractivity contribution >= 4 is 28.5 Å². The summed E-state index contributed by atoms with van der Waals surface area (Å²) in [5.41, 5.74) is 9.36. The van der Waals surface area contributed by atoms with Crippen LogP contribution in [-0.4, -0.2) is 27.4 Å². The first kappa shape index (κ1) is 17.0. The Labute approximate surface area is 150 Å². The molecule has 0 aliphatic carbocycles. The molecule has 0 atom stereocenters. The fourth-order valence-electron chi connectivity index (χ4n) is 2.21. The van der Waals surface area contributed by atoms with Crippen LogP contribution in [0.1, 0.15) is 18.4 Å². The fraction of sp³-hybridized carbons (Fsp3) is 0.235. The van der Waals surface area contributed by atoms with E-state index in [1.807, 2.05) is 36.8 Å². The monoisotopic (exact) mass is 356 g/mol. The molecule has 0 spiro atoms. The summed E-state index contributed by atoms with van der Waals surface area (Å²) in [6, 6.07) is 7.81. The molecular formula is C17H20N6OS. The zero-order valence-electron chi connectivity index (χ0n) is 13.7. The molecule has 25 heavy (non-hydrogen) atoms. The van der Waals surface area contributed by atoms with Gasteiger partial charge in [0.25, 0.3) is 0 Å². The van der Waals surface area contributed by atoms with Crippen LogP contribution < -0.4 is 15.9 Å². The number of unbranched alkanes of at least 4 members (excludes halogenated alkanes) is 1. The summed E-state index contributed by atoms with van der Waals surface area (Å²) >= 11 is 1.41. The molecule has 3 aromatic rings. The number of aryl methyl sites for hydroxylation is 1. The number of nitrogens with zero attached hydrogens (tertiary/aromatic N) is 4. The van der Waals surface area contributed by atoms with Gasteiger partial charge >= 0.3 is 0 Å². The number of hydrazone groups is 1. The number of nitrogens with one attached hydrogen (secondary N) is 1. The molecule has 0 aliphatic heterocycles. The van der Waals surface area contributed by atoms with Gasteiger partial charge in [-0.25, -0.2) is 9.97 Å². The minimum absolute atomic E-state index is 0.488. The highest BCUT2D eigenvalue weighted by Crippen LogP contribution is 2.18. The van der Waals surface area contributed by atoms with Gasteiger partial charge in [-0.05, 0) is 25.0 Å². The molecular weight excluding hydrogens is 336 g/mol. The molecule has 0 saturated carbocycles. The molecule has 0 amide bonds. The number of nitrogen functional groups attached to an aromatic ring is 1. The first-order valence-electron chi connectivity index (χ1n) is 7.99. The van der Waals surface area contributed by atoms with Crippen molar-refractivity contribution in [2.45, 2.75) is 19.4 Å². The number of imidazole rings is 1. The van der Waals surface area contributed by atoms with Gasteiger partial charge < -0.3 is 15.0 Å². The first-order chi connectivity index (χ1) is 12.3. The van der Waals surface area contributed by atoms with Crippen molar-refractivity contribution in [2.75, 3.05) is 17.8 Å². The Balaban J connectivity index is 1.46. The minimum Gasteiger partial charge on any atom is -0.493 e. The fourth-order valence-corrected chi connectivity index (χ4v) is 2.76. The summed E-state index contributed by atoms with van der Waals surface area (Å²) in [5, 5.41) is 6.61. The van der Waals surface area contributed by atoms with Gasteiger partial charge in [-0.1, -0.05) is 12.1 Å². The lowest BCUT2D eigenvalue weighted by Crippen LogP contribution is -2.03. The number of rotatable bonds is 9. The number of hydrogen-bond donors (Lipinski definition) is 2. The highest BCUT2D eigenvalue weighted by atomic mass is 32.1. The van der Waals surface area contributed by atoms with E-state index in [1.54, 1.807) is 17.8 Å². The molecule has 0 saturated heterocycles. The summed E-state index contributed by atoms with van der Waals surface area (Å²) in [5.74, 6) is 1.30. The molecule has 1 aromatic carbocycles. The topological polar surface area (TPSA) is 90.3 Å². The summed E-state index contributed by atoms with van der Waals surface area (Å²) in [4.78, 5) is 8.12. The van der Waals surface area contributed by atoms with E-state index in [1.165, 1.54) is 11.3 Å². The van der Waals surface area contributed by atoms with Gasteiger partial charge in [-0.2, -0.15) is 5.10 Å². The summed E-state index contributed by atoms with van der Waals surface area (Å²) < 4.78 is 7.95. The largest absolute Gasteiger partial charge is 0.493 e. The smallest absolute Gasteiger partial charge is 0.205 e. The Hall–Kier alpha value is -2.87. The van der Waals surface area contributed by atoms with Gasteiger partial charge in [-0.15, -0.1) is 11.3 Å². The lowest BCUT2D eigenvalue weighted by atomic mass is 10.2. The number of nitrogens with two attached hydrogens (primary N) is 1. The van der Waals surface area contributed by atoms with Crippen molar-refractivity contribution in [3.8, 4) is 5.75 Å². The highest BCUT2D eigenvalue weighted by Gasteiger charge is 2.01. The van der Waals surface area contributed by atoms with Crippen molar-refractivity contribution in [1.29, 1.82) is 0 Å². The van der Waals surface area contributed by atoms with Gasteiger partial charge in [0.2, 0.25) is 5.13 Å². The van der Waals surface area contributed by atoms with Gasteiger partial charge in [0, 0.05) is 29.9 Å². The second-order valence-corrected chi connectivity index (χ2v) is 6.20. The molecule has 0 unspecified atom stereocenters. The number of aromatic nitrogens is 3. The molecule has 130 valence electrons. The predicted octanol–water partition coefficient (Wildman–Crippen LogP) is 3.23. The molecule has 3 N–H and O–H groups in total. The van der Waals surface area contributed by atoms with Crippen LogP contribution in [0.25, 0.3) is 0 Å². The molecule has 0 fully saturated rings. The second-order valence-electron chi connectivity index (χ2n) is 5.34. The first-order valence-corrected chi connectivity index (χ1v) is 8.87. The lowest BCUT2D eigenvalue weighted by Gasteiger charge is -2.09. The highest BCUT2D eigenvalue weighted by molar-refractivity contribution is 7.14. The molecule has 0 aliphatic rings. The Kier molecular flexibility index (Phi) is 6.00. The van der Waals surface area contributed by atoms with E-state index in [0.29, 0.717) is 17.6 Å². The van der Waals surface area contributed by atoms with Crippen LogP contribution in [0, 0.1) is 0 Å². The third-order valence-electron chi connectivity index (χ3n) is 3.43. The zero-order chi connectivity index (χ0) is 17.3. The quantitative estimate of drug-likeness (QED) is 0.349. The van der Waals surface area contributed by atoms with E-state index in [-0.39, 0.29) is 0 Å². The van der Waals surface area contributed by atoms with Crippen LogP contribution in [0.15, 0.2) is 53.5 Å². The van der Waals surface area contributed by atoms with Crippen LogP contribution in [0.2, 0.25) is 0 Å². The minimum atomic E-state index is 0.488. The van der Waals surface area contributed by atoms with Crippen molar-refractivity contribution in [3.63, 3.8) is 0 Å². The van der Waals surface area contributed by atoms with E-state index in [2.05, 4.69) is 25.1 Å².